The zero-order valence-electron chi connectivity index (χ0n) is 15.9. The molecule has 1 fully saturated rings. The summed E-state index contributed by atoms with van der Waals surface area (Å²) in [5.41, 5.74) is 0.765. The van der Waals surface area contributed by atoms with Crippen molar-refractivity contribution in [2.24, 2.45) is 0 Å². The number of carbonyl (C=O) groups is 2. The van der Waals surface area contributed by atoms with Crippen molar-refractivity contribution in [3.05, 3.63) is 47.5 Å². The van der Waals surface area contributed by atoms with Gasteiger partial charge < -0.3 is 19.9 Å². The first-order valence-corrected chi connectivity index (χ1v) is 9.60. The van der Waals surface area contributed by atoms with Gasteiger partial charge in [0.1, 0.15) is 0 Å². The molecule has 0 unspecified atom stereocenters. The minimum absolute atomic E-state index is 0.0328. The first kappa shape index (κ1) is 22.0. The van der Waals surface area contributed by atoms with E-state index in [9.17, 15) is 28.6 Å². The van der Waals surface area contributed by atoms with Crippen molar-refractivity contribution >= 4 is 11.9 Å². The fourth-order valence-corrected chi connectivity index (χ4v) is 3.27. The average molecular weight is 394 g/mol. The number of hydrogen-bond acceptors (Lipinski definition) is 4. The second-order valence-electron chi connectivity index (χ2n) is 7.16. The minimum Gasteiger partial charge on any atom is -0.545 e. The lowest BCUT2D eigenvalue weighted by Crippen LogP contribution is -2.37. The maximum absolute atomic E-state index is 13.9. The first-order chi connectivity index (χ1) is 13.2. The van der Waals surface area contributed by atoms with E-state index < -0.39 is 36.4 Å². The van der Waals surface area contributed by atoms with E-state index in [0.717, 1.165) is 29.7 Å². The Labute approximate surface area is 163 Å². The van der Waals surface area contributed by atoms with Crippen molar-refractivity contribution < 1.29 is 28.6 Å². The van der Waals surface area contributed by atoms with Crippen LogP contribution in [0.3, 0.4) is 0 Å². The number of aliphatic hydroxyl groups is 1. The van der Waals surface area contributed by atoms with Crippen molar-refractivity contribution in [1.29, 1.82) is 0 Å². The van der Waals surface area contributed by atoms with E-state index in [1.807, 2.05) is 0 Å². The molecule has 2 rings (SSSR count). The molecule has 1 aromatic carbocycles. The predicted octanol–water partition coefficient (Wildman–Crippen LogP) is 2.33. The smallest absolute Gasteiger partial charge is 0.327 e. The number of aromatic carboxylic acids is 1. The van der Waals surface area contributed by atoms with Crippen LogP contribution in [0.4, 0.5) is 8.78 Å². The van der Waals surface area contributed by atoms with Crippen molar-refractivity contribution in [3.8, 4) is 0 Å². The van der Waals surface area contributed by atoms with Crippen molar-refractivity contribution in [3.63, 3.8) is 0 Å². The largest absolute Gasteiger partial charge is 0.545 e. The van der Waals surface area contributed by atoms with Gasteiger partial charge in [-0.05, 0) is 24.0 Å². The third-order valence-electron chi connectivity index (χ3n) is 4.93. The van der Waals surface area contributed by atoms with Crippen molar-refractivity contribution in [2.45, 2.75) is 63.5 Å². The average Bonchev–Trinajstić information content (AvgIpc) is 2.87. The molecule has 0 saturated carbocycles. The molecular formula is C21H26F2NO4-. The third-order valence-corrected chi connectivity index (χ3v) is 4.93. The summed E-state index contributed by atoms with van der Waals surface area (Å²) in [5, 5.41) is 20.7. The summed E-state index contributed by atoms with van der Waals surface area (Å²) in [7, 11) is 0. The zero-order chi connectivity index (χ0) is 20.7. The normalized spacial score (nSPS) is 20.1. The van der Waals surface area contributed by atoms with Gasteiger partial charge in [-0.25, -0.2) is 0 Å². The Morgan fingerprint density at radius 3 is 2.64 bits per heavy atom. The van der Waals surface area contributed by atoms with E-state index in [1.54, 1.807) is 12.1 Å². The highest BCUT2D eigenvalue weighted by molar-refractivity contribution is 5.86. The maximum atomic E-state index is 13.9. The molecular weight excluding hydrogens is 368 g/mol. The van der Waals surface area contributed by atoms with E-state index in [1.165, 1.54) is 24.3 Å². The quantitative estimate of drug-likeness (QED) is 0.488. The summed E-state index contributed by atoms with van der Waals surface area (Å²) >= 11 is 0. The molecule has 154 valence electrons. The van der Waals surface area contributed by atoms with Gasteiger partial charge in [0.25, 0.3) is 5.91 Å². The van der Waals surface area contributed by atoms with E-state index in [4.69, 9.17) is 0 Å². The van der Waals surface area contributed by atoms with Gasteiger partial charge in [-0.15, -0.1) is 0 Å². The number of benzene rings is 1. The molecule has 1 saturated heterocycles. The van der Waals surface area contributed by atoms with Crippen LogP contribution in [0.25, 0.3) is 0 Å². The number of unbranched alkanes of at least 4 members (excludes halogenated alkanes) is 2. The number of amides is 1. The first-order valence-electron chi connectivity index (χ1n) is 9.60. The molecule has 7 heteroatoms. The van der Waals surface area contributed by atoms with E-state index in [0.29, 0.717) is 12.8 Å². The van der Waals surface area contributed by atoms with Gasteiger partial charge in [0, 0.05) is 13.0 Å². The second kappa shape index (κ2) is 9.78. The molecule has 1 aliphatic rings. The Morgan fingerprint density at radius 1 is 1.36 bits per heavy atom. The SMILES string of the molecule is CCCCC[C@@H](O)/C=C/[C@H]1CC(F)(F)C(=O)N1CCc1ccc(C(=O)[O-])cc1. The summed E-state index contributed by atoms with van der Waals surface area (Å²) in [6.07, 6.45) is 5.43. The van der Waals surface area contributed by atoms with Gasteiger partial charge in [-0.2, -0.15) is 8.78 Å². The lowest BCUT2D eigenvalue weighted by Gasteiger charge is -2.22. The Hall–Kier alpha value is -2.28. The standard InChI is InChI=1S/C21H27F2NO4/c1-2-3-4-5-18(25)11-10-17-14-21(22,23)20(28)24(17)13-12-15-6-8-16(9-7-15)19(26)27/h6-11,17-18,25H,2-5,12-14H2,1H3,(H,26,27)/p-1/b11-10+/t17-,18+/m0/s1. The lowest BCUT2D eigenvalue weighted by atomic mass is 10.1. The fraction of sp³-hybridized carbons (Fsp3) is 0.524. The molecule has 0 radical (unpaired) electrons. The number of hydrogen-bond donors (Lipinski definition) is 1. The molecule has 2 atom stereocenters. The number of carboxylic acids is 1. The highest BCUT2D eigenvalue weighted by atomic mass is 19.3. The molecule has 1 aliphatic heterocycles. The van der Waals surface area contributed by atoms with Crippen LogP contribution >= 0.6 is 0 Å². The third kappa shape index (κ3) is 5.86. The van der Waals surface area contributed by atoms with Crippen molar-refractivity contribution in [2.75, 3.05) is 6.54 Å². The Morgan fingerprint density at radius 2 is 2.04 bits per heavy atom. The van der Waals surface area contributed by atoms with Crippen LogP contribution in [0.15, 0.2) is 36.4 Å². The van der Waals surface area contributed by atoms with Crippen LogP contribution in [0, 0.1) is 0 Å². The van der Waals surface area contributed by atoms with Gasteiger partial charge >= 0.3 is 5.92 Å². The van der Waals surface area contributed by atoms with Gasteiger partial charge in [0.2, 0.25) is 0 Å². The van der Waals surface area contributed by atoms with E-state index in [-0.39, 0.29) is 12.1 Å². The Bertz CT molecular complexity index is 703. The highest BCUT2D eigenvalue weighted by Gasteiger charge is 2.52. The Kier molecular flexibility index (Phi) is 7.69. The maximum Gasteiger partial charge on any atom is 0.327 e. The summed E-state index contributed by atoms with van der Waals surface area (Å²) in [5.74, 6) is -5.92. The number of halogens is 2. The van der Waals surface area contributed by atoms with Crippen LogP contribution in [0.5, 0.6) is 0 Å². The van der Waals surface area contributed by atoms with Crippen LogP contribution in [0.1, 0.15) is 54.9 Å². The molecule has 1 N–H and O–H groups in total. The number of carboxylic acid groups (broad SMARTS) is 1. The monoisotopic (exact) mass is 394 g/mol. The number of aliphatic hydroxyl groups excluding tert-OH is 1. The summed E-state index contributed by atoms with van der Waals surface area (Å²) < 4.78 is 27.8. The predicted molar refractivity (Wildman–Crippen MR) is 98.8 cm³/mol. The molecule has 0 aliphatic carbocycles. The lowest BCUT2D eigenvalue weighted by molar-refractivity contribution is -0.255. The van der Waals surface area contributed by atoms with Crippen LogP contribution in [-0.4, -0.2) is 46.5 Å². The van der Waals surface area contributed by atoms with Crippen LogP contribution in [-0.2, 0) is 11.2 Å². The summed E-state index contributed by atoms with van der Waals surface area (Å²) in [4.78, 5) is 23.9. The van der Waals surface area contributed by atoms with Gasteiger partial charge in [0.15, 0.2) is 0 Å². The van der Waals surface area contributed by atoms with Gasteiger partial charge in [0.05, 0.1) is 18.1 Å². The van der Waals surface area contributed by atoms with Gasteiger partial charge in [-0.1, -0.05) is 62.6 Å². The molecule has 0 spiro atoms. The Balaban J connectivity index is 2.00. The molecule has 0 bridgehead atoms. The molecule has 1 aromatic rings. The number of nitrogens with zero attached hydrogens (tertiary/aromatic N) is 1. The van der Waals surface area contributed by atoms with Crippen LogP contribution < -0.4 is 5.11 Å². The summed E-state index contributed by atoms with van der Waals surface area (Å²) in [6, 6.07) is 5.15. The number of carbonyl (C=O) groups excluding carboxylic acids is 2. The number of alkyl halides is 2. The zero-order valence-corrected chi connectivity index (χ0v) is 15.9. The highest BCUT2D eigenvalue weighted by Crippen LogP contribution is 2.34. The summed E-state index contributed by atoms with van der Waals surface area (Å²) in [6.45, 7) is 2.14. The molecule has 1 heterocycles. The van der Waals surface area contributed by atoms with Gasteiger partial charge in [-0.3, -0.25) is 4.79 Å². The number of likely N-dealkylation sites (tertiary alicyclic amines) is 1. The fourth-order valence-electron chi connectivity index (χ4n) is 3.27. The molecule has 1 amide bonds. The van der Waals surface area contributed by atoms with E-state index >= 15 is 0 Å². The van der Waals surface area contributed by atoms with Crippen LogP contribution in [0.2, 0.25) is 0 Å². The molecule has 28 heavy (non-hydrogen) atoms. The van der Waals surface area contributed by atoms with Crippen molar-refractivity contribution in [1.82, 2.24) is 4.90 Å². The second-order valence-corrected chi connectivity index (χ2v) is 7.16. The van der Waals surface area contributed by atoms with E-state index in [2.05, 4.69) is 6.92 Å². The number of rotatable bonds is 10. The minimum atomic E-state index is -3.42. The molecule has 0 aromatic heterocycles. The molecule has 5 nitrogen and oxygen atoms in total. The topological polar surface area (TPSA) is 80.7 Å².